The van der Waals surface area contributed by atoms with E-state index in [9.17, 15) is 0 Å². The van der Waals surface area contributed by atoms with Crippen LogP contribution in [0.5, 0.6) is 5.75 Å². The van der Waals surface area contributed by atoms with Crippen molar-refractivity contribution in [2.75, 3.05) is 6.61 Å². The van der Waals surface area contributed by atoms with Gasteiger partial charge in [-0.3, -0.25) is 0 Å². The van der Waals surface area contributed by atoms with Gasteiger partial charge in [-0.25, -0.2) is 0 Å². The average Bonchev–Trinajstić information content (AvgIpc) is 2.45. The molecule has 1 heteroatoms. The van der Waals surface area contributed by atoms with E-state index in [1.807, 2.05) is 0 Å². The van der Waals surface area contributed by atoms with E-state index >= 15 is 0 Å². The highest BCUT2D eigenvalue weighted by Gasteiger charge is 2.15. The van der Waals surface area contributed by atoms with Gasteiger partial charge in [0.1, 0.15) is 5.75 Å². The summed E-state index contributed by atoms with van der Waals surface area (Å²) in [7, 11) is 0. The molecule has 0 fully saturated rings. The number of hydrogen-bond donors (Lipinski definition) is 0. The topological polar surface area (TPSA) is 9.23 Å². The van der Waals surface area contributed by atoms with Gasteiger partial charge < -0.3 is 4.74 Å². The zero-order valence-electron chi connectivity index (χ0n) is 13.6. The van der Waals surface area contributed by atoms with Crippen molar-refractivity contribution in [1.82, 2.24) is 0 Å². The zero-order chi connectivity index (χ0) is 14.8. The molecule has 20 heavy (non-hydrogen) atoms. The van der Waals surface area contributed by atoms with Crippen molar-refractivity contribution in [3.05, 3.63) is 41.5 Å². The molecular weight excluding hydrogens is 244 g/mol. The molecule has 0 saturated heterocycles. The lowest BCUT2D eigenvalue weighted by atomic mass is 9.89. The number of aryl methyl sites for hydroxylation is 1. The first-order chi connectivity index (χ1) is 9.72. The van der Waals surface area contributed by atoms with Gasteiger partial charge in [0.15, 0.2) is 0 Å². The van der Waals surface area contributed by atoms with Gasteiger partial charge in [0.05, 0.1) is 6.61 Å². The molecule has 0 amide bonds. The molecule has 0 spiro atoms. The molecule has 0 saturated carbocycles. The first-order valence-electron chi connectivity index (χ1n) is 8.11. The van der Waals surface area contributed by atoms with Crippen LogP contribution in [0.3, 0.4) is 0 Å². The van der Waals surface area contributed by atoms with Crippen molar-refractivity contribution in [3.8, 4) is 5.75 Å². The van der Waals surface area contributed by atoms with Crippen LogP contribution < -0.4 is 4.74 Å². The van der Waals surface area contributed by atoms with E-state index in [1.165, 1.54) is 24.0 Å². The fourth-order valence-corrected chi connectivity index (χ4v) is 2.51. The Morgan fingerprint density at radius 2 is 1.90 bits per heavy atom. The van der Waals surface area contributed by atoms with Crippen LogP contribution in [0.25, 0.3) is 0 Å². The Kier molecular flexibility index (Phi) is 8.10. The summed E-state index contributed by atoms with van der Waals surface area (Å²) in [6.45, 7) is 9.58. The molecule has 112 valence electrons. The quantitative estimate of drug-likeness (QED) is 0.500. The lowest BCUT2D eigenvalue weighted by Crippen LogP contribution is -2.04. The minimum absolute atomic E-state index is 0.578. The molecule has 0 aliphatic heterocycles. The Hall–Kier alpha value is -1.24. The largest absolute Gasteiger partial charge is 0.493 e. The predicted molar refractivity (Wildman–Crippen MR) is 88.7 cm³/mol. The van der Waals surface area contributed by atoms with Crippen LogP contribution in [-0.4, -0.2) is 6.61 Å². The summed E-state index contributed by atoms with van der Waals surface area (Å²) in [5, 5.41) is 0. The molecule has 0 radical (unpaired) electrons. The van der Waals surface area contributed by atoms with Gasteiger partial charge in [0, 0.05) is 0 Å². The van der Waals surface area contributed by atoms with Gasteiger partial charge in [-0.05, 0) is 50.2 Å². The van der Waals surface area contributed by atoms with E-state index in [-0.39, 0.29) is 0 Å². The van der Waals surface area contributed by atoms with Gasteiger partial charge >= 0.3 is 0 Å². The normalized spacial score (nSPS) is 12.8. The fourth-order valence-electron chi connectivity index (χ4n) is 2.51. The molecule has 1 rings (SSSR count). The van der Waals surface area contributed by atoms with Crippen molar-refractivity contribution in [2.45, 2.75) is 65.7 Å². The molecule has 1 aromatic rings. The highest BCUT2D eigenvalue weighted by molar-refractivity contribution is 5.39. The van der Waals surface area contributed by atoms with Crippen molar-refractivity contribution in [2.24, 2.45) is 0 Å². The second-order valence-electron chi connectivity index (χ2n) is 5.49. The second kappa shape index (κ2) is 9.63. The van der Waals surface area contributed by atoms with E-state index in [0.717, 1.165) is 31.6 Å². The van der Waals surface area contributed by atoms with Crippen LogP contribution in [0.2, 0.25) is 0 Å². The van der Waals surface area contributed by atoms with Crippen molar-refractivity contribution >= 4 is 0 Å². The van der Waals surface area contributed by atoms with E-state index in [1.54, 1.807) is 0 Å². The highest BCUT2D eigenvalue weighted by Crippen LogP contribution is 2.33. The minimum Gasteiger partial charge on any atom is -0.493 e. The molecule has 0 aromatic heterocycles. The Bertz CT molecular complexity index is 406. The molecular formula is C19H30O. The molecule has 0 bridgehead atoms. The summed E-state index contributed by atoms with van der Waals surface area (Å²) in [5.41, 5.74) is 2.71. The van der Waals surface area contributed by atoms with Crippen molar-refractivity contribution in [3.63, 3.8) is 0 Å². The number of hydrogen-bond acceptors (Lipinski definition) is 1. The molecule has 1 aromatic carbocycles. The summed E-state index contributed by atoms with van der Waals surface area (Å²) in [4.78, 5) is 0. The maximum Gasteiger partial charge on any atom is 0.122 e. The Labute approximate surface area is 125 Å². The Morgan fingerprint density at radius 3 is 2.55 bits per heavy atom. The Morgan fingerprint density at radius 1 is 1.10 bits per heavy atom. The van der Waals surface area contributed by atoms with Crippen LogP contribution in [0.1, 0.15) is 69.9 Å². The third kappa shape index (κ3) is 5.40. The van der Waals surface area contributed by atoms with Gasteiger partial charge in [0.2, 0.25) is 0 Å². The van der Waals surface area contributed by atoms with Gasteiger partial charge in [0.25, 0.3) is 0 Å². The van der Waals surface area contributed by atoms with Crippen LogP contribution >= 0.6 is 0 Å². The fraction of sp³-hybridized carbons (Fsp3) is 0.579. The maximum absolute atomic E-state index is 5.95. The summed E-state index contributed by atoms with van der Waals surface area (Å²) in [5.74, 6) is 1.66. The average molecular weight is 274 g/mol. The SMILES string of the molecule is CC/C=C\CC(CCC)c1cc(C)ccc1OCCC. The first kappa shape index (κ1) is 16.8. The molecule has 0 N–H and O–H groups in total. The van der Waals surface area contributed by atoms with E-state index in [4.69, 9.17) is 4.74 Å². The summed E-state index contributed by atoms with van der Waals surface area (Å²) < 4.78 is 5.95. The number of benzene rings is 1. The van der Waals surface area contributed by atoms with E-state index in [0.29, 0.717) is 5.92 Å². The Balaban J connectivity index is 2.96. The van der Waals surface area contributed by atoms with Crippen LogP contribution in [-0.2, 0) is 0 Å². The van der Waals surface area contributed by atoms with Crippen molar-refractivity contribution < 1.29 is 4.74 Å². The number of allylic oxidation sites excluding steroid dienone is 2. The molecule has 0 aliphatic carbocycles. The molecule has 0 heterocycles. The smallest absolute Gasteiger partial charge is 0.122 e. The van der Waals surface area contributed by atoms with Crippen molar-refractivity contribution in [1.29, 1.82) is 0 Å². The molecule has 1 unspecified atom stereocenters. The lowest BCUT2D eigenvalue weighted by Gasteiger charge is -2.20. The van der Waals surface area contributed by atoms with Gasteiger partial charge in [-0.1, -0.05) is 57.0 Å². The summed E-state index contributed by atoms with van der Waals surface area (Å²) in [6.07, 6.45) is 10.3. The standard InChI is InChI=1S/C19H30O/c1-5-8-9-11-17(10-6-2)18-15-16(4)12-13-19(18)20-14-7-3/h8-9,12-13,15,17H,5-7,10-11,14H2,1-4H3/b9-8-. The summed E-state index contributed by atoms with van der Waals surface area (Å²) in [6, 6.07) is 6.61. The highest BCUT2D eigenvalue weighted by atomic mass is 16.5. The first-order valence-corrected chi connectivity index (χ1v) is 8.11. The third-order valence-corrected chi connectivity index (χ3v) is 3.53. The predicted octanol–water partition coefficient (Wildman–Crippen LogP) is 6.02. The number of ether oxygens (including phenoxy) is 1. The van der Waals surface area contributed by atoms with Gasteiger partial charge in [-0.15, -0.1) is 0 Å². The van der Waals surface area contributed by atoms with Crippen LogP contribution in [0.4, 0.5) is 0 Å². The van der Waals surface area contributed by atoms with Gasteiger partial charge in [-0.2, -0.15) is 0 Å². The maximum atomic E-state index is 5.95. The monoisotopic (exact) mass is 274 g/mol. The van der Waals surface area contributed by atoms with Crippen LogP contribution in [0.15, 0.2) is 30.4 Å². The molecule has 0 aliphatic rings. The molecule has 1 nitrogen and oxygen atoms in total. The second-order valence-corrected chi connectivity index (χ2v) is 5.49. The van der Waals surface area contributed by atoms with E-state index < -0.39 is 0 Å². The third-order valence-electron chi connectivity index (χ3n) is 3.53. The van der Waals surface area contributed by atoms with Crippen LogP contribution in [0, 0.1) is 6.92 Å². The number of rotatable bonds is 9. The zero-order valence-corrected chi connectivity index (χ0v) is 13.6. The molecule has 1 atom stereocenters. The lowest BCUT2D eigenvalue weighted by molar-refractivity contribution is 0.311. The summed E-state index contributed by atoms with van der Waals surface area (Å²) >= 11 is 0. The van der Waals surface area contributed by atoms with E-state index in [2.05, 4.69) is 58.0 Å². The minimum atomic E-state index is 0.578.